The molecule has 0 atom stereocenters. The summed E-state index contributed by atoms with van der Waals surface area (Å²) in [5, 5.41) is 2.49. The topological polar surface area (TPSA) is 43.9 Å². The number of carbonyl (C=O) groups is 2. The molecule has 1 saturated heterocycles. The summed E-state index contributed by atoms with van der Waals surface area (Å²) in [5.41, 5.74) is 1.82. The van der Waals surface area contributed by atoms with Crippen LogP contribution in [0.3, 0.4) is 0 Å². The lowest BCUT2D eigenvalue weighted by Gasteiger charge is -2.34. The van der Waals surface area contributed by atoms with Crippen molar-refractivity contribution < 1.29 is 9.59 Å². The molecule has 2 aromatic rings. The second kappa shape index (κ2) is 7.46. The van der Waals surface area contributed by atoms with E-state index in [9.17, 15) is 9.59 Å². The molecule has 0 aliphatic carbocycles. The third-order valence-corrected chi connectivity index (χ3v) is 6.27. The number of hydrogen-bond donors (Lipinski definition) is 0. The Hall–Kier alpha value is -2.15. The van der Waals surface area contributed by atoms with Crippen molar-refractivity contribution in [1.82, 2.24) is 14.7 Å². The van der Waals surface area contributed by atoms with E-state index in [0.717, 1.165) is 36.6 Å². The lowest BCUT2D eigenvalue weighted by atomic mass is 10.1. The molecular weight excluding hydrogens is 382 g/mol. The summed E-state index contributed by atoms with van der Waals surface area (Å²) >= 11 is 7.74. The van der Waals surface area contributed by atoms with Crippen molar-refractivity contribution in [1.29, 1.82) is 0 Å². The number of piperazine rings is 1. The van der Waals surface area contributed by atoms with Gasteiger partial charge in [-0.3, -0.25) is 14.5 Å². The van der Waals surface area contributed by atoms with E-state index in [1.165, 1.54) is 16.2 Å². The number of rotatable bonds is 4. The van der Waals surface area contributed by atoms with Gasteiger partial charge in [0.25, 0.3) is 11.8 Å². The van der Waals surface area contributed by atoms with Crippen LogP contribution in [0.4, 0.5) is 0 Å². The quantitative estimate of drug-likeness (QED) is 0.739. The van der Waals surface area contributed by atoms with Gasteiger partial charge in [-0.25, -0.2) is 0 Å². The third-order valence-electron chi connectivity index (χ3n) is 5.02. The predicted molar refractivity (Wildman–Crippen MR) is 107 cm³/mol. The maximum absolute atomic E-state index is 13.3. The number of halogens is 1. The van der Waals surface area contributed by atoms with Gasteiger partial charge in [0.15, 0.2) is 0 Å². The highest BCUT2D eigenvalue weighted by atomic mass is 35.5. The molecule has 27 heavy (non-hydrogen) atoms. The van der Waals surface area contributed by atoms with E-state index in [4.69, 9.17) is 11.6 Å². The van der Waals surface area contributed by atoms with E-state index in [1.807, 2.05) is 35.7 Å². The molecular formula is C20H20ClN3O2S. The summed E-state index contributed by atoms with van der Waals surface area (Å²) in [4.78, 5) is 32.9. The number of nitrogens with zero attached hydrogens (tertiary/aromatic N) is 3. The summed E-state index contributed by atoms with van der Waals surface area (Å²) in [6, 6.07) is 11.1. The molecule has 5 nitrogen and oxygen atoms in total. The Bertz CT molecular complexity index is 902. The Kier molecular flexibility index (Phi) is 5.04. The third kappa shape index (κ3) is 3.40. The maximum atomic E-state index is 13.3. The molecule has 1 aromatic carbocycles. The molecule has 0 radical (unpaired) electrons. The van der Waals surface area contributed by atoms with Gasteiger partial charge >= 0.3 is 0 Å². The van der Waals surface area contributed by atoms with E-state index < -0.39 is 0 Å². The van der Waals surface area contributed by atoms with Gasteiger partial charge in [-0.05, 0) is 30.1 Å². The van der Waals surface area contributed by atoms with Crippen molar-refractivity contribution in [2.75, 3.05) is 33.2 Å². The molecule has 140 valence electrons. The molecule has 0 spiro atoms. The molecule has 0 unspecified atom stereocenters. The summed E-state index contributed by atoms with van der Waals surface area (Å²) in [6.45, 7) is 3.39. The minimum absolute atomic E-state index is 0.184. The van der Waals surface area contributed by atoms with Crippen LogP contribution in [0.1, 0.15) is 10.4 Å². The first kappa shape index (κ1) is 18.2. The Labute approximate surface area is 167 Å². The first-order valence-corrected chi connectivity index (χ1v) is 10.1. The number of amides is 2. The molecule has 0 saturated carbocycles. The van der Waals surface area contributed by atoms with Crippen molar-refractivity contribution in [2.45, 2.75) is 6.54 Å². The van der Waals surface area contributed by atoms with Gasteiger partial charge in [0.1, 0.15) is 5.70 Å². The number of thiophene rings is 1. The van der Waals surface area contributed by atoms with Gasteiger partial charge in [0.2, 0.25) is 0 Å². The number of carbonyl (C=O) groups excluding carboxylic acids is 2. The minimum Gasteiger partial charge on any atom is -0.364 e. The van der Waals surface area contributed by atoms with Crippen LogP contribution in [-0.4, -0.2) is 59.7 Å². The molecule has 4 rings (SSSR count). The standard InChI is InChI=1S/C20H20ClN3O2S/c1-22-8-10-23(11-9-22)18-17(16-7-4-12-27-16)19(25)24(20(18)26)13-14-5-2-3-6-15(14)21/h2-7,12H,8-11,13H2,1H3. The van der Waals surface area contributed by atoms with Gasteiger partial charge in [-0.15, -0.1) is 11.3 Å². The van der Waals surface area contributed by atoms with Crippen LogP contribution in [0, 0.1) is 0 Å². The van der Waals surface area contributed by atoms with Crippen molar-refractivity contribution in [3.8, 4) is 0 Å². The van der Waals surface area contributed by atoms with Crippen molar-refractivity contribution >= 4 is 40.3 Å². The van der Waals surface area contributed by atoms with E-state index in [1.54, 1.807) is 6.07 Å². The molecule has 7 heteroatoms. The van der Waals surface area contributed by atoms with Gasteiger partial charge in [-0.1, -0.05) is 35.9 Å². The summed E-state index contributed by atoms with van der Waals surface area (Å²) < 4.78 is 0. The Balaban J connectivity index is 1.70. The van der Waals surface area contributed by atoms with E-state index in [2.05, 4.69) is 16.8 Å². The predicted octanol–water partition coefficient (Wildman–Crippen LogP) is 2.93. The van der Waals surface area contributed by atoms with Crippen LogP contribution in [0.25, 0.3) is 5.57 Å². The van der Waals surface area contributed by atoms with E-state index in [-0.39, 0.29) is 18.4 Å². The second-order valence-electron chi connectivity index (χ2n) is 6.78. The van der Waals surface area contributed by atoms with Crippen molar-refractivity contribution in [3.63, 3.8) is 0 Å². The second-order valence-corrected chi connectivity index (χ2v) is 8.13. The van der Waals surface area contributed by atoms with Crippen LogP contribution in [0.2, 0.25) is 5.02 Å². The molecule has 0 bridgehead atoms. The minimum atomic E-state index is -0.240. The van der Waals surface area contributed by atoms with Crippen LogP contribution in [0.15, 0.2) is 47.5 Å². The number of benzene rings is 1. The van der Waals surface area contributed by atoms with Crippen LogP contribution in [0.5, 0.6) is 0 Å². The first-order chi connectivity index (χ1) is 13.1. The molecule has 1 aromatic heterocycles. The first-order valence-electron chi connectivity index (χ1n) is 8.87. The fourth-order valence-corrected chi connectivity index (χ4v) is 4.43. The highest BCUT2D eigenvalue weighted by molar-refractivity contribution is 7.11. The van der Waals surface area contributed by atoms with Crippen LogP contribution >= 0.6 is 22.9 Å². The zero-order chi connectivity index (χ0) is 19.0. The van der Waals surface area contributed by atoms with Crippen molar-refractivity contribution in [2.24, 2.45) is 0 Å². The van der Waals surface area contributed by atoms with Crippen LogP contribution < -0.4 is 0 Å². The van der Waals surface area contributed by atoms with Crippen molar-refractivity contribution in [3.05, 3.63) is 62.9 Å². The number of imide groups is 1. The average Bonchev–Trinajstić information content (AvgIpc) is 3.26. The highest BCUT2D eigenvalue weighted by Gasteiger charge is 2.42. The number of likely N-dealkylation sites (N-methyl/N-ethyl adjacent to an activating group) is 1. The highest BCUT2D eigenvalue weighted by Crippen LogP contribution is 2.35. The SMILES string of the molecule is CN1CCN(C2=C(c3cccs3)C(=O)N(Cc3ccccc3Cl)C2=O)CC1. The molecule has 2 aliphatic heterocycles. The fraction of sp³-hybridized carbons (Fsp3) is 0.300. The van der Waals surface area contributed by atoms with Crippen LogP contribution in [-0.2, 0) is 16.1 Å². The fourth-order valence-electron chi connectivity index (χ4n) is 3.47. The van der Waals surface area contributed by atoms with Gasteiger partial charge in [0, 0.05) is 36.1 Å². The lowest BCUT2D eigenvalue weighted by molar-refractivity contribution is -0.138. The zero-order valence-electron chi connectivity index (χ0n) is 15.0. The molecule has 2 aliphatic rings. The molecule has 3 heterocycles. The van der Waals surface area contributed by atoms with E-state index >= 15 is 0 Å². The summed E-state index contributed by atoms with van der Waals surface area (Å²) in [6.07, 6.45) is 0. The Morgan fingerprint density at radius 3 is 2.41 bits per heavy atom. The molecule has 1 fully saturated rings. The molecule has 0 N–H and O–H groups in total. The smallest absolute Gasteiger partial charge is 0.278 e. The van der Waals surface area contributed by atoms with Gasteiger partial charge < -0.3 is 9.80 Å². The Morgan fingerprint density at radius 1 is 1.00 bits per heavy atom. The lowest BCUT2D eigenvalue weighted by Crippen LogP contribution is -2.46. The molecule has 2 amide bonds. The normalized spacial score (nSPS) is 18.7. The van der Waals surface area contributed by atoms with Gasteiger partial charge in [0.05, 0.1) is 12.1 Å². The average molecular weight is 402 g/mol. The number of hydrogen-bond acceptors (Lipinski definition) is 5. The monoisotopic (exact) mass is 401 g/mol. The van der Waals surface area contributed by atoms with Gasteiger partial charge in [-0.2, -0.15) is 0 Å². The summed E-state index contributed by atoms with van der Waals surface area (Å²) in [5.74, 6) is -0.468. The zero-order valence-corrected chi connectivity index (χ0v) is 16.6. The maximum Gasteiger partial charge on any atom is 0.278 e. The Morgan fingerprint density at radius 2 is 1.74 bits per heavy atom. The summed E-state index contributed by atoms with van der Waals surface area (Å²) in [7, 11) is 2.07. The largest absolute Gasteiger partial charge is 0.364 e. The van der Waals surface area contributed by atoms with E-state index in [0.29, 0.717) is 16.3 Å².